The van der Waals surface area contributed by atoms with Gasteiger partial charge in [0, 0.05) is 36.0 Å². The van der Waals surface area contributed by atoms with Crippen molar-refractivity contribution in [1.82, 2.24) is 29.9 Å². The van der Waals surface area contributed by atoms with E-state index in [1.165, 1.54) is 10.5 Å². The zero-order valence-corrected chi connectivity index (χ0v) is 19.5. The highest BCUT2D eigenvalue weighted by Crippen LogP contribution is 2.38. The molecule has 1 fully saturated rings. The monoisotopic (exact) mass is 535 g/mol. The van der Waals surface area contributed by atoms with Crippen molar-refractivity contribution in [1.29, 1.82) is 0 Å². The average molecular weight is 535 g/mol. The summed E-state index contributed by atoms with van der Waals surface area (Å²) < 4.78 is 89.0. The average Bonchev–Trinajstić information content (AvgIpc) is 3.50. The van der Waals surface area contributed by atoms with Gasteiger partial charge in [-0.05, 0) is 26.7 Å². The minimum Gasteiger partial charge on any atom is -0.443 e. The number of fused-ring (bicyclic) bond motifs is 1. The smallest absolute Gasteiger partial charge is 0.443 e. The third-order valence-corrected chi connectivity index (χ3v) is 5.53. The van der Waals surface area contributed by atoms with Crippen molar-refractivity contribution in [3.63, 3.8) is 0 Å². The Morgan fingerprint density at radius 2 is 2.00 bits per heavy atom. The minimum absolute atomic E-state index is 0.0890. The molecule has 3 heterocycles. The Morgan fingerprint density at radius 1 is 1.24 bits per heavy atom. The first-order chi connectivity index (χ1) is 17.4. The number of hydrogen-bond acceptors (Lipinski definition) is 7. The molecule has 3 N–H and O–H groups in total. The molecular weight excluding hydrogens is 512 g/mol. The Labute approximate surface area is 205 Å². The maximum Gasteiger partial charge on any atom is 0.522 e. The summed E-state index contributed by atoms with van der Waals surface area (Å²) in [5.41, 5.74) is -0.561. The molecule has 1 aliphatic rings. The first-order valence-electron chi connectivity index (χ1n) is 11.2. The molecule has 0 aliphatic heterocycles. The van der Waals surface area contributed by atoms with E-state index in [1.54, 1.807) is 13.8 Å². The van der Waals surface area contributed by atoms with Gasteiger partial charge >= 0.3 is 12.5 Å². The summed E-state index contributed by atoms with van der Waals surface area (Å²) in [6.45, 7) is 2.55. The number of alkyl carbamates (subject to hydrolysis) is 1. The van der Waals surface area contributed by atoms with Crippen LogP contribution in [0, 0.1) is 0 Å². The molecule has 0 saturated heterocycles. The Hall–Kier alpha value is -3.56. The van der Waals surface area contributed by atoms with Crippen molar-refractivity contribution in [2.24, 2.45) is 0 Å². The maximum absolute atomic E-state index is 15.0. The van der Waals surface area contributed by atoms with E-state index in [0.717, 1.165) is 12.3 Å². The van der Waals surface area contributed by atoms with Crippen LogP contribution in [-0.2, 0) is 16.1 Å². The first kappa shape index (κ1) is 26.5. The topological polar surface area (TPSA) is 118 Å². The number of anilines is 2. The van der Waals surface area contributed by atoms with E-state index in [-0.39, 0.29) is 35.6 Å². The van der Waals surface area contributed by atoms with Crippen molar-refractivity contribution < 1.29 is 40.6 Å². The molecular formula is C21H23F6N7O3. The van der Waals surface area contributed by atoms with Crippen molar-refractivity contribution in [2.45, 2.75) is 70.3 Å². The molecule has 16 heteroatoms. The van der Waals surface area contributed by atoms with Gasteiger partial charge in [-0.15, -0.1) is 13.2 Å². The van der Waals surface area contributed by atoms with Gasteiger partial charge in [0.2, 0.25) is 5.95 Å². The van der Waals surface area contributed by atoms with Crippen LogP contribution in [0.15, 0.2) is 18.3 Å². The van der Waals surface area contributed by atoms with Gasteiger partial charge in [0.25, 0.3) is 6.43 Å². The van der Waals surface area contributed by atoms with Crippen LogP contribution in [0.5, 0.6) is 0 Å². The molecule has 1 aliphatic carbocycles. The molecule has 1 amide bonds. The predicted octanol–water partition coefficient (Wildman–Crippen LogP) is 4.89. The summed E-state index contributed by atoms with van der Waals surface area (Å²) in [5.74, 6) is -0.780. The van der Waals surface area contributed by atoms with Gasteiger partial charge < -0.3 is 15.4 Å². The summed E-state index contributed by atoms with van der Waals surface area (Å²) in [5, 5.41) is 11.9. The van der Waals surface area contributed by atoms with E-state index in [0.29, 0.717) is 12.1 Å². The number of aromatic nitrogens is 5. The fraction of sp³-hybridized carbons (Fsp3) is 0.524. The van der Waals surface area contributed by atoms with Gasteiger partial charge in [-0.3, -0.25) is 14.2 Å². The third kappa shape index (κ3) is 6.42. The molecule has 37 heavy (non-hydrogen) atoms. The number of amides is 1. The second kappa shape index (κ2) is 10.4. The lowest BCUT2D eigenvalue weighted by Gasteiger charge is -2.18. The highest BCUT2D eigenvalue weighted by molar-refractivity contribution is 5.67. The number of aromatic amines is 1. The lowest BCUT2D eigenvalue weighted by atomic mass is 10.0. The number of hydrogen-bond donors (Lipinski definition) is 3. The van der Waals surface area contributed by atoms with Crippen LogP contribution in [0.25, 0.3) is 5.65 Å². The predicted molar refractivity (Wildman–Crippen MR) is 116 cm³/mol. The third-order valence-electron chi connectivity index (χ3n) is 5.53. The standard InChI is InChI=1S/C21H23F6N7O3/c1-9(2)28-20(35)37-14-4-3-11(17(14)22)12-5-15(33-32-12)31-19-30-13(18(23)24)6-16-29-10(7-34(16)19)8-36-21(25,26)27/h5-7,9,11,14,17-18H,3-4,8H2,1-2H3,(H,28,35)(H2,30,31,32,33)/t11-,14-,17+/m0/s1. The summed E-state index contributed by atoms with van der Waals surface area (Å²) in [7, 11) is 0. The Kier molecular flexibility index (Phi) is 7.47. The summed E-state index contributed by atoms with van der Waals surface area (Å²) in [6, 6.07) is 2.21. The Bertz CT molecular complexity index is 1250. The van der Waals surface area contributed by atoms with Gasteiger partial charge in [0.1, 0.15) is 23.6 Å². The second-order valence-electron chi connectivity index (χ2n) is 8.70. The van der Waals surface area contributed by atoms with Gasteiger partial charge in [-0.2, -0.15) is 5.10 Å². The maximum atomic E-state index is 15.0. The van der Waals surface area contributed by atoms with Crippen LogP contribution in [-0.4, -0.2) is 55.3 Å². The van der Waals surface area contributed by atoms with E-state index in [1.807, 2.05) is 0 Å². The minimum atomic E-state index is -4.90. The molecule has 0 aromatic carbocycles. The SMILES string of the molecule is CC(C)NC(=O)O[C@H]1CC[C@@H](c2cc(Nc3nc(C(F)F)cc4nc(COC(F)(F)F)cn34)n[nH]2)[C@H]1F. The van der Waals surface area contributed by atoms with Crippen molar-refractivity contribution in [2.75, 3.05) is 5.32 Å². The number of rotatable bonds is 8. The molecule has 0 spiro atoms. The highest BCUT2D eigenvalue weighted by Gasteiger charge is 2.41. The number of halogens is 6. The lowest BCUT2D eigenvalue weighted by molar-refractivity contribution is -0.330. The van der Waals surface area contributed by atoms with E-state index < -0.39 is 49.4 Å². The number of carbonyl (C=O) groups is 1. The highest BCUT2D eigenvalue weighted by atomic mass is 19.4. The van der Waals surface area contributed by atoms with Crippen LogP contribution in [0.2, 0.25) is 0 Å². The van der Waals surface area contributed by atoms with Gasteiger partial charge in [-0.25, -0.2) is 27.9 Å². The largest absolute Gasteiger partial charge is 0.522 e. The van der Waals surface area contributed by atoms with E-state index in [4.69, 9.17) is 4.74 Å². The van der Waals surface area contributed by atoms with Crippen LogP contribution in [0.3, 0.4) is 0 Å². The molecule has 202 valence electrons. The van der Waals surface area contributed by atoms with Crippen LogP contribution in [0.4, 0.5) is 42.9 Å². The number of nitrogens with one attached hydrogen (secondary N) is 3. The fourth-order valence-electron chi connectivity index (χ4n) is 3.97. The summed E-state index contributed by atoms with van der Waals surface area (Å²) in [6.07, 6.45) is -9.26. The van der Waals surface area contributed by atoms with Crippen LogP contribution in [0.1, 0.15) is 56.1 Å². The van der Waals surface area contributed by atoms with E-state index in [9.17, 15) is 26.7 Å². The van der Waals surface area contributed by atoms with Crippen LogP contribution >= 0.6 is 0 Å². The van der Waals surface area contributed by atoms with E-state index in [2.05, 4.69) is 35.5 Å². The number of nitrogens with zero attached hydrogens (tertiary/aromatic N) is 4. The molecule has 0 radical (unpaired) electrons. The number of imidazole rings is 1. The quantitative estimate of drug-likeness (QED) is 0.352. The number of H-pyrrole nitrogens is 1. The Morgan fingerprint density at radius 3 is 2.68 bits per heavy atom. The Balaban J connectivity index is 1.51. The summed E-state index contributed by atoms with van der Waals surface area (Å²) >= 11 is 0. The second-order valence-corrected chi connectivity index (χ2v) is 8.70. The zero-order valence-electron chi connectivity index (χ0n) is 19.5. The fourth-order valence-corrected chi connectivity index (χ4v) is 3.97. The molecule has 3 aromatic heterocycles. The van der Waals surface area contributed by atoms with Crippen LogP contribution < -0.4 is 10.6 Å². The number of carbonyl (C=O) groups excluding carboxylic acids is 1. The van der Waals surface area contributed by atoms with Gasteiger partial charge in [0.05, 0.1) is 12.3 Å². The first-order valence-corrected chi connectivity index (χ1v) is 11.2. The molecule has 1 saturated carbocycles. The number of alkyl halides is 6. The molecule has 3 atom stereocenters. The molecule has 0 bridgehead atoms. The van der Waals surface area contributed by atoms with Crippen molar-refractivity contribution >= 4 is 23.5 Å². The zero-order chi connectivity index (χ0) is 26.9. The van der Waals surface area contributed by atoms with Crippen molar-refractivity contribution in [3.8, 4) is 0 Å². The lowest BCUT2D eigenvalue weighted by Crippen LogP contribution is -2.36. The molecule has 10 nitrogen and oxygen atoms in total. The van der Waals surface area contributed by atoms with Crippen molar-refractivity contribution in [3.05, 3.63) is 35.4 Å². The molecule has 3 aromatic rings. The van der Waals surface area contributed by atoms with Gasteiger partial charge in [-0.1, -0.05) is 0 Å². The molecule has 4 rings (SSSR count). The van der Waals surface area contributed by atoms with Gasteiger partial charge in [0.15, 0.2) is 5.82 Å². The van der Waals surface area contributed by atoms with E-state index >= 15 is 4.39 Å². The number of ether oxygens (including phenoxy) is 2. The normalized spacial score (nSPS) is 20.2. The molecule has 0 unspecified atom stereocenters. The summed E-state index contributed by atoms with van der Waals surface area (Å²) in [4.78, 5) is 19.5.